The Morgan fingerprint density at radius 2 is 1.21 bits per heavy atom. The molecule has 65 valence electrons. The molecule has 6 nitrogen and oxygen atoms in total. The molecule has 0 unspecified atom stereocenters. The van der Waals surface area contributed by atoms with Gasteiger partial charge in [-0.3, -0.25) is 0 Å². The van der Waals surface area contributed by atoms with Gasteiger partial charge in [0.15, 0.2) is 0 Å². The van der Waals surface area contributed by atoms with E-state index >= 15 is 0 Å². The molecule has 0 aromatic carbocycles. The minimum absolute atomic E-state index is 0. The molecule has 0 aliphatic heterocycles. The molecule has 0 rings (SSSR count). The molecule has 0 amide bonds. The zero-order chi connectivity index (χ0) is 9.07. The van der Waals surface area contributed by atoms with Gasteiger partial charge >= 0.3 is 59.1 Å². The second-order valence-corrected chi connectivity index (χ2v) is 4.14. The van der Waals surface area contributed by atoms with Crippen molar-refractivity contribution < 1.29 is 88.4 Å². The fraction of sp³-hybridized carbons (Fsp3) is 0.500. The maximum atomic E-state index is 10.4. The number of hydrogen-bond acceptors (Lipinski definition) is 6. The van der Waals surface area contributed by atoms with E-state index in [9.17, 15) is 29.3 Å². The summed E-state index contributed by atoms with van der Waals surface area (Å²) >= 11 is 0. The van der Waals surface area contributed by atoms with Crippen molar-refractivity contribution in [2.45, 2.75) is 0 Å². The van der Waals surface area contributed by atoms with Gasteiger partial charge in [0.2, 0.25) is 0 Å². The molecule has 0 aromatic heterocycles. The third-order valence-electron chi connectivity index (χ3n) is 0.740. The first kappa shape index (κ1) is 25.1. The van der Waals surface area contributed by atoms with Crippen molar-refractivity contribution in [3.63, 3.8) is 0 Å². The van der Waals surface area contributed by atoms with Gasteiger partial charge in [0.25, 0.3) is 0 Å². The quantitative estimate of drug-likeness (QED) is 0.359. The van der Waals surface area contributed by atoms with Gasteiger partial charge in [-0.15, -0.1) is 0 Å². The molecule has 0 bridgehead atoms. The molecule has 10 heteroatoms. The fourth-order valence-electron chi connectivity index (χ4n) is 0.449. The van der Waals surface area contributed by atoms with Crippen LogP contribution in [0.4, 0.5) is 0 Å². The largest absolute Gasteiger partial charge is 1.00 e. The van der Waals surface area contributed by atoms with Crippen LogP contribution in [-0.4, -0.2) is 53.8 Å². The first-order chi connectivity index (χ1) is 4.83. The number of aliphatic carboxylic acids is 2. The molecule has 0 aliphatic rings. The Bertz CT molecular complexity index is 211. The second-order valence-electron chi connectivity index (χ2n) is 1.87. The third-order valence-corrected chi connectivity index (χ3v) is 2.22. The van der Waals surface area contributed by atoms with Crippen molar-refractivity contribution in [2.24, 2.45) is 0 Å². The van der Waals surface area contributed by atoms with Crippen LogP contribution in [-0.2, 0) is 14.2 Å². The molecular formula is C4H4Na3O6P-. The van der Waals surface area contributed by atoms with Crippen molar-refractivity contribution in [1.29, 1.82) is 0 Å². The smallest absolute Gasteiger partial charge is 0.799 e. The Hall–Kier alpha value is 2.13. The topological polar surface area (TPSA) is 120 Å². The molecule has 0 saturated heterocycles. The SMILES string of the molecule is O=C([O-])CP(=O)([O-])CC(=O)[O-].[Na+].[Na+].[Na]. The molecule has 0 heterocycles. The van der Waals surface area contributed by atoms with Crippen LogP contribution >= 0.6 is 7.37 Å². The summed E-state index contributed by atoms with van der Waals surface area (Å²) in [4.78, 5) is 29.8. The molecule has 0 saturated carbocycles. The Labute approximate surface area is 147 Å². The summed E-state index contributed by atoms with van der Waals surface area (Å²) in [6, 6.07) is 0. The maximum absolute atomic E-state index is 10.4. The van der Waals surface area contributed by atoms with Crippen LogP contribution in [0.1, 0.15) is 0 Å². The summed E-state index contributed by atoms with van der Waals surface area (Å²) in [7, 11) is -4.38. The Morgan fingerprint density at radius 3 is 1.36 bits per heavy atom. The van der Waals surface area contributed by atoms with Crippen molar-refractivity contribution in [3.8, 4) is 0 Å². The number of carboxylic acid groups (broad SMARTS) is 2. The average Bonchev–Trinajstić information content (AvgIpc) is 1.53. The van der Waals surface area contributed by atoms with Crippen LogP contribution in [0.15, 0.2) is 0 Å². The molecule has 0 aliphatic carbocycles. The van der Waals surface area contributed by atoms with E-state index in [-0.39, 0.29) is 88.7 Å². The van der Waals surface area contributed by atoms with E-state index in [1.54, 1.807) is 0 Å². The average molecular weight is 248 g/mol. The number of carbonyl (C=O) groups is 2. The van der Waals surface area contributed by atoms with Crippen molar-refractivity contribution in [1.82, 2.24) is 0 Å². The molecule has 0 N–H and O–H groups in total. The summed E-state index contributed by atoms with van der Waals surface area (Å²) in [5.74, 6) is -3.63. The van der Waals surface area contributed by atoms with Gasteiger partial charge < -0.3 is 29.3 Å². The van der Waals surface area contributed by atoms with Gasteiger partial charge in [0, 0.05) is 61.2 Å². The van der Waals surface area contributed by atoms with E-state index in [1.165, 1.54) is 0 Å². The summed E-state index contributed by atoms with van der Waals surface area (Å²) in [5.41, 5.74) is 0. The molecule has 1 radical (unpaired) electrons. The van der Waals surface area contributed by atoms with Crippen LogP contribution in [0.3, 0.4) is 0 Å². The van der Waals surface area contributed by atoms with E-state index in [0.29, 0.717) is 0 Å². The van der Waals surface area contributed by atoms with E-state index in [4.69, 9.17) is 0 Å². The maximum Gasteiger partial charge on any atom is 1.00 e. The van der Waals surface area contributed by atoms with Crippen LogP contribution < -0.4 is 74.2 Å². The van der Waals surface area contributed by atoms with Gasteiger partial charge in [-0.05, 0) is 0 Å². The van der Waals surface area contributed by atoms with Gasteiger partial charge in [0.05, 0.1) is 0 Å². The normalized spacial score (nSPS) is 8.64. The minimum Gasteiger partial charge on any atom is -0.799 e. The summed E-state index contributed by atoms with van der Waals surface area (Å²) < 4.78 is 10.4. The summed E-state index contributed by atoms with van der Waals surface area (Å²) in [6.07, 6.45) is -2.53. The predicted molar refractivity (Wildman–Crippen MR) is 33.1 cm³/mol. The summed E-state index contributed by atoms with van der Waals surface area (Å²) in [5, 5.41) is 19.4. The van der Waals surface area contributed by atoms with E-state index in [0.717, 1.165) is 0 Å². The second kappa shape index (κ2) is 11.6. The van der Waals surface area contributed by atoms with E-state index in [2.05, 4.69) is 0 Å². The monoisotopic (exact) mass is 248 g/mol. The van der Waals surface area contributed by atoms with Crippen molar-refractivity contribution in [2.75, 3.05) is 12.3 Å². The number of hydrogen-bond donors (Lipinski definition) is 0. The van der Waals surface area contributed by atoms with Crippen LogP contribution in [0, 0.1) is 0 Å². The van der Waals surface area contributed by atoms with Crippen LogP contribution in [0.25, 0.3) is 0 Å². The first-order valence-electron chi connectivity index (χ1n) is 2.52. The summed E-state index contributed by atoms with van der Waals surface area (Å²) in [6.45, 7) is 0. The Morgan fingerprint density at radius 1 is 1.00 bits per heavy atom. The molecule has 14 heavy (non-hydrogen) atoms. The van der Waals surface area contributed by atoms with E-state index < -0.39 is 31.6 Å². The Kier molecular flexibility index (Phi) is 20.8. The van der Waals surface area contributed by atoms with Crippen LogP contribution in [0.5, 0.6) is 0 Å². The number of carboxylic acids is 2. The standard InChI is InChI=1S/C4H7O6P.3Na/c5-3(6)1-11(9,10)2-4(7)8;;;/h1-2H2,(H,5,6)(H,7,8)(H,9,10);;;/q;;2*+1/p-3. The zero-order valence-electron chi connectivity index (χ0n) is 8.31. The fourth-order valence-corrected chi connectivity index (χ4v) is 1.35. The van der Waals surface area contributed by atoms with Crippen molar-refractivity contribution >= 4 is 48.9 Å². The molecule has 0 spiro atoms. The first-order valence-corrected chi connectivity index (χ1v) is 4.52. The molecule has 0 atom stereocenters. The number of rotatable bonds is 4. The minimum atomic E-state index is -4.38. The van der Waals surface area contributed by atoms with Gasteiger partial charge in [-0.2, -0.15) is 0 Å². The zero-order valence-corrected chi connectivity index (χ0v) is 15.2. The number of carbonyl (C=O) groups excluding carboxylic acids is 2. The van der Waals surface area contributed by atoms with Gasteiger partial charge in [-0.25, -0.2) is 0 Å². The van der Waals surface area contributed by atoms with Gasteiger partial charge in [-0.1, -0.05) is 0 Å². The van der Waals surface area contributed by atoms with Crippen molar-refractivity contribution in [3.05, 3.63) is 0 Å². The third kappa shape index (κ3) is 16.6. The molecule has 0 aromatic rings. The van der Waals surface area contributed by atoms with Crippen LogP contribution in [0.2, 0.25) is 0 Å². The molecular weight excluding hydrogens is 244 g/mol. The molecule has 0 fully saturated rings. The predicted octanol–water partition coefficient (Wildman–Crippen LogP) is -10.2. The van der Waals surface area contributed by atoms with Gasteiger partial charge in [0.1, 0.15) is 0 Å². The Balaban J connectivity index is -0.000000167. The van der Waals surface area contributed by atoms with E-state index in [1.807, 2.05) is 0 Å².